The highest BCUT2D eigenvalue weighted by Crippen LogP contribution is 2.20. The van der Waals surface area contributed by atoms with Gasteiger partial charge in [0.1, 0.15) is 0 Å². The van der Waals surface area contributed by atoms with E-state index in [1.54, 1.807) is 19.1 Å². The lowest BCUT2D eigenvalue weighted by Gasteiger charge is -2.30. The molecule has 7 nitrogen and oxygen atoms in total. The first-order valence-corrected chi connectivity index (χ1v) is 6.81. The van der Waals surface area contributed by atoms with Gasteiger partial charge in [0.25, 0.3) is 0 Å². The lowest BCUT2D eigenvalue weighted by Crippen LogP contribution is -2.44. The average Bonchev–Trinajstić information content (AvgIpc) is 2.49. The van der Waals surface area contributed by atoms with E-state index in [-0.39, 0.29) is 12.6 Å². The largest absolute Gasteiger partial charge is 0.481 e. The molecule has 0 aliphatic carbocycles. The number of aromatic nitrogens is 1. The molecule has 0 radical (unpaired) electrons. The molecule has 0 bridgehead atoms. The summed E-state index contributed by atoms with van der Waals surface area (Å²) in [7, 11) is 1.53. The van der Waals surface area contributed by atoms with Crippen LogP contribution in [0, 0.1) is 12.8 Å². The number of nitrogens with zero attached hydrogens (tertiary/aromatic N) is 2. The van der Waals surface area contributed by atoms with Crippen molar-refractivity contribution in [2.75, 3.05) is 25.5 Å². The summed E-state index contributed by atoms with van der Waals surface area (Å²) in [4.78, 5) is 28.9. The normalized spacial score (nSPS) is 18.2. The number of aliphatic carboxylic acids is 1. The minimum atomic E-state index is -0.852. The second-order valence-electron chi connectivity index (χ2n) is 5.04. The van der Waals surface area contributed by atoms with Gasteiger partial charge in [0.2, 0.25) is 5.88 Å². The second-order valence-corrected chi connectivity index (χ2v) is 5.04. The van der Waals surface area contributed by atoms with Crippen molar-refractivity contribution in [1.82, 2.24) is 9.88 Å². The van der Waals surface area contributed by atoms with E-state index in [1.165, 1.54) is 12.0 Å². The van der Waals surface area contributed by atoms with Crippen LogP contribution in [0.2, 0.25) is 0 Å². The van der Waals surface area contributed by atoms with Gasteiger partial charge in [-0.05, 0) is 25.8 Å². The average molecular weight is 293 g/mol. The third-order valence-electron chi connectivity index (χ3n) is 3.57. The van der Waals surface area contributed by atoms with Gasteiger partial charge < -0.3 is 20.1 Å². The van der Waals surface area contributed by atoms with E-state index < -0.39 is 11.9 Å². The van der Waals surface area contributed by atoms with Gasteiger partial charge in [-0.1, -0.05) is 0 Å². The highest BCUT2D eigenvalue weighted by Gasteiger charge is 2.28. The third kappa shape index (κ3) is 3.62. The van der Waals surface area contributed by atoms with Gasteiger partial charge in [0.05, 0.1) is 24.4 Å². The van der Waals surface area contributed by atoms with Gasteiger partial charge in [-0.2, -0.15) is 0 Å². The zero-order valence-electron chi connectivity index (χ0n) is 12.1. The highest BCUT2D eigenvalue weighted by molar-refractivity contribution is 5.90. The molecule has 114 valence electrons. The smallest absolute Gasteiger partial charge is 0.321 e. The number of carbonyl (C=O) groups excluding carboxylic acids is 1. The fourth-order valence-corrected chi connectivity index (χ4v) is 2.34. The predicted molar refractivity (Wildman–Crippen MR) is 76.5 cm³/mol. The molecule has 2 N–H and O–H groups in total. The lowest BCUT2D eigenvalue weighted by atomic mass is 9.99. The quantitative estimate of drug-likeness (QED) is 0.885. The van der Waals surface area contributed by atoms with Crippen LogP contribution >= 0.6 is 0 Å². The SMILES string of the molecule is COc1ccc(NC(=O)N2CCCC(C(=O)O)C2)c(C)n1. The summed E-state index contributed by atoms with van der Waals surface area (Å²) < 4.78 is 5.01. The first-order valence-electron chi connectivity index (χ1n) is 6.81. The van der Waals surface area contributed by atoms with Crippen LogP contribution in [0.15, 0.2) is 12.1 Å². The molecular weight excluding hydrogens is 274 g/mol. The number of pyridine rings is 1. The topological polar surface area (TPSA) is 91.8 Å². The standard InChI is InChI=1S/C14H19N3O4/c1-9-11(5-6-12(15-9)21-2)16-14(20)17-7-3-4-10(8-17)13(18)19/h5-6,10H,3-4,7-8H2,1-2H3,(H,16,20)(H,18,19). The van der Waals surface area contributed by atoms with Crippen LogP contribution in [-0.2, 0) is 4.79 Å². The molecule has 7 heteroatoms. The Labute approximate surface area is 122 Å². The summed E-state index contributed by atoms with van der Waals surface area (Å²) >= 11 is 0. The molecule has 0 spiro atoms. The number of ether oxygens (including phenoxy) is 1. The Morgan fingerprint density at radius 3 is 2.86 bits per heavy atom. The minimum absolute atomic E-state index is 0.240. The lowest BCUT2D eigenvalue weighted by molar-refractivity contribution is -0.143. The Morgan fingerprint density at radius 2 is 2.24 bits per heavy atom. The van der Waals surface area contributed by atoms with Crippen LogP contribution in [0.3, 0.4) is 0 Å². The van der Waals surface area contributed by atoms with Crippen molar-refractivity contribution < 1.29 is 19.4 Å². The Hall–Kier alpha value is -2.31. The van der Waals surface area contributed by atoms with E-state index in [2.05, 4.69) is 10.3 Å². The molecule has 1 aromatic heterocycles. The summed E-state index contributed by atoms with van der Waals surface area (Å²) in [6.07, 6.45) is 1.31. The van der Waals surface area contributed by atoms with Crippen molar-refractivity contribution in [2.24, 2.45) is 5.92 Å². The number of hydrogen-bond acceptors (Lipinski definition) is 4. The Kier molecular flexibility index (Phi) is 4.62. The molecule has 1 saturated heterocycles. The van der Waals surface area contributed by atoms with Crippen LogP contribution < -0.4 is 10.1 Å². The van der Waals surface area contributed by atoms with Crippen LogP contribution in [0.1, 0.15) is 18.5 Å². The molecule has 0 saturated carbocycles. The van der Waals surface area contributed by atoms with E-state index in [4.69, 9.17) is 9.84 Å². The summed E-state index contributed by atoms with van der Waals surface area (Å²) in [5.74, 6) is -0.858. The number of carbonyl (C=O) groups is 2. The highest BCUT2D eigenvalue weighted by atomic mass is 16.5. The molecule has 2 amide bonds. The molecule has 2 rings (SSSR count). The van der Waals surface area contributed by atoms with E-state index >= 15 is 0 Å². The van der Waals surface area contributed by atoms with E-state index in [0.29, 0.717) is 36.6 Å². The van der Waals surface area contributed by atoms with Crippen LogP contribution in [0.5, 0.6) is 5.88 Å². The fourth-order valence-electron chi connectivity index (χ4n) is 2.34. The van der Waals surface area contributed by atoms with Crippen LogP contribution in [-0.4, -0.2) is 47.2 Å². The summed E-state index contributed by atoms with van der Waals surface area (Å²) in [6.45, 7) is 2.58. The van der Waals surface area contributed by atoms with Crippen LogP contribution in [0.25, 0.3) is 0 Å². The van der Waals surface area contributed by atoms with Gasteiger partial charge in [-0.25, -0.2) is 9.78 Å². The number of anilines is 1. The summed E-state index contributed by atoms with van der Waals surface area (Å²) in [5.41, 5.74) is 1.24. The number of piperidine rings is 1. The number of likely N-dealkylation sites (tertiary alicyclic amines) is 1. The van der Waals surface area contributed by atoms with Gasteiger partial charge in [0.15, 0.2) is 0 Å². The number of amides is 2. The van der Waals surface area contributed by atoms with Gasteiger partial charge in [0, 0.05) is 19.2 Å². The number of urea groups is 1. The van der Waals surface area contributed by atoms with Crippen LogP contribution in [0.4, 0.5) is 10.5 Å². The summed E-state index contributed by atoms with van der Waals surface area (Å²) in [6, 6.07) is 3.09. The first kappa shape index (κ1) is 15.1. The van der Waals surface area contributed by atoms with Crippen molar-refractivity contribution in [2.45, 2.75) is 19.8 Å². The molecule has 1 aliphatic rings. The number of hydrogen-bond donors (Lipinski definition) is 2. The molecule has 21 heavy (non-hydrogen) atoms. The first-order chi connectivity index (χ1) is 10.0. The molecule has 0 aromatic carbocycles. The Balaban J connectivity index is 2.02. The molecule has 1 atom stereocenters. The maximum Gasteiger partial charge on any atom is 0.321 e. The van der Waals surface area contributed by atoms with Gasteiger partial charge >= 0.3 is 12.0 Å². The Morgan fingerprint density at radius 1 is 1.48 bits per heavy atom. The number of carboxylic acids is 1. The zero-order chi connectivity index (χ0) is 15.4. The number of methoxy groups -OCH3 is 1. The maximum atomic E-state index is 12.2. The molecule has 1 aliphatic heterocycles. The molecule has 2 heterocycles. The number of nitrogens with one attached hydrogen (secondary N) is 1. The van der Waals surface area contributed by atoms with Gasteiger partial charge in [-0.15, -0.1) is 0 Å². The predicted octanol–water partition coefficient (Wildman–Crippen LogP) is 1.73. The monoisotopic (exact) mass is 293 g/mol. The molecule has 1 aromatic rings. The van der Waals surface area contributed by atoms with Gasteiger partial charge in [-0.3, -0.25) is 4.79 Å². The van der Waals surface area contributed by atoms with Crippen molar-refractivity contribution in [3.05, 3.63) is 17.8 Å². The van der Waals surface area contributed by atoms with E-state index in [9.17, 15) is 9.59 Å². The maximum absolute atomic E-state index is 12.2. The van der Waals surface area contributed by atoms with Crippen molar-refractivity contribution in [3.63, 3.8) is 0 Å². The molecular formula is C14H19N3O4. The number of carboxylic acid groups (broad SMARTS) is 1. The summed E-state index contributed by atoms with van der Waals surface area (Å²) in [5, 5.41) is 11.8. The van der Waals surface area contributed by atoms with Crippen molar-refractivity contribution >= 4 is 17.7 Å². The fraction of sp³-hybridized carbons (Fsp3) is 0.500. The zero-order valence-corrected chi connectivity index (χ0v) is 12.1. The minimum Gasteiger partial charge on any atom is -0.481 e. The number of rotatable bonds is 3. The Bertz CT molecular complexity index is 547. The molecule has 1 fully saturated rings. The molecule has 1 unspecified atom stereocenters. The number of aryl methyl sites for hydroxylation is 1. The van der Waals surface area contributed by atoms with Crippen molar-refractivity contribution in [3.8, 4) is 5.88 Å². The third-order valence-corrected chi connectivity index (χ3v) is 3.57. The van der Waals surface area contributed by atoms with E-state index in [1.807, 2.05) is 0 Å². The second kappa shape index (κ2) is 6.43. The van der Waals surface area contributed by atoms with Crippen molar-refractivity contribution in [1.29, 1.82) is 0 Å². The van der Waals surface area contributed by atoms with E-state index in [0.717, 1.165) is 0 Å².